The first-order valence-corrected chi connectivity index (χ1v) is 11.4. The summed E-state index contributed by atoms with van der Waals surface area (Å²) in [4.78, 5) is 36.8. The van der Waals surface area contributed by atoms with Gasteiger partial charge in [0, 0.05) is 11.8 Å². The van der Waals surface area contributed by atoms with Crippen molar-refractivity contribution in [2.45, 2.75) is 6.04 Å². The van der Waals surface area contributed by atoms with Crippen molar-refractivity contribution in [3.8, 4) is 11.5 Å². The number of aromatic nitrogens is 2. The van der Waals surface area contributed by atoms with Crippen molar-refractivity contribution in [3.63, 3.8) is 0 Å². The number of hydrogen-bond acceptors (Lipinski definition) is 8. The van der Waals surface area contributed by atoms with E-state index < -0.39 is 17.7 Å². The number of hydrogen-bond donors (Lipinski definition) is 1. The zero-order valence-electron chi connectivity index (χ0n) is 17.7. The molecule has 2 aliphatic rings. The van der Waals surface area contributed by atoms with Crippen molar-refractivity contribution in [2.24, 2.45) is 0 Å². The van der Waals surface area contributed by atoms with Crippen LogP contribution < -0.4 is 14.4 Å². The number of ether oxygens (including phenoxy) is 2. The second kappa shape index (κ2) is 7.96. The Balaban J connectivity index is 1.53. The third-order valence-electron chi connectivity index (χ3n) is 5.72. The zero-order chi connectivity index (χ0) is 23.2. The normalized spacial score (nSPS) is 19.1. The second-order valence-corrected chi connectivity index (χ2v) is 8.76. The molecule has 6 rings (SSSR count). The monoisotopic (exact) mass is 471 g/mol. The molecule has 8 nitrogen and oxygen atoms in total. The topological polar surface area (TPSA) is 102 Å². The maximum absolute atomic E-state index is 13.3. The molecular weight excluding hydrogens is 454 g/mol. The van der Waals surface area contributed by atoms with E-state index in [-0.39, 0.29) is 11.3 Å². The Morgan fingerprint density at radius 2 is 1.79 bits per heavy atom. The van der Waals surface area contributed by atoms with E-state index in [1.54, 1.807) is 42.6 Å². The van der Waals surface area contributed by atoms with Crippen molar-refractivity contribution in [3.05, 3.63) is 83.7 Å². The Morgan fingerprint density at radius 1 is 1.00 bits per heavy atom. The smallest absolute Gasteiger partial charge is 0.301 e. The molecule has 1 fully saturated rings. The Kier molecular flexibility index (Phi) is 4.77. The van der Waals surface area contributed by atoms with Gasteiger partial charge in [0.1, 0.15) is 25.0 Å². The summed E-state index contributed by atoms with van der Waals surface area (Å²) in [6, 6.07) is 16.7. The number of para-hydroxylation sites is 1. The summed E-state index contributed by atoms with van der Waals surface area (Å²) in [6.45, 7) is 0.818. The maximum atomic E-state index is 13.3. The number of amides is 1. The first-order chi connectivity index (χ1) is 16.6. The standard InChI is InChI=1S/C25H17N3O5S/c29-22(14-8-9-17-18(13-14)33-12-11-32-17)20-21(16-6-3-4-10-26-16)28(24(31)23(20)30)25-27-15-5-1-2-7-19(15)34-25/h1-10,13,21,29H,11-12H2/b22-20+. The highest BCUT2D eigenvalue weighted by molar-refractivity contribution is 7.22. The van der Waals surface area contributed by atoms with Crippen LogP contribution in [0.1, 0.15) is 17.3 Å². The second-order valence-electron chi connectivity index (χ2n) is 7.75. The molecule has 9 heteroatoms. The number of carbonyl (C=O) groups is 2. The minimum Gasteiger partial charge on any atom is -0.507 e. The number of pyridine rings is 1. The molecule has 168 valence electrons. The van der Waals surface area contributed by atoms with Crippen LogP contribution in [0.2, 0.25) is 0 Å². The largest absolute Gasteiger partial charge is 0.507 e. The molecule has 4 aromatic rings. The molecule has 1 saturated heterocycles. The molecule has 0 saturated carbocycles. The zero-order valence-corrected chi connectivity index (χ0v) is 18.5. The van der Waals surface area contributed by atoms with Gasteiger partial charge in [-0.05, 0) is 42.5 Å². The number of thiazole rings is 1. The molecular formula is C25H17N3O5S. The average Bonchev–Trinajstić information content (AvgIpc) is 3.42. The van der Waals surface area contributed by atoms with Gasteiger partial charge in [0.05, 0.1) is 21.5 Å². The highest BCUT2D eigenvalue weighted by Crippen LogP contribution is 2.44. The van der Waals surface area contributed by atoms with Crippen LogP contribution in [-0.4, -0.2) is 40.0 Å². The van der Waals surface area contributed by atoms with E-state index >= 15 is 0 Å². The van der Waals surface area contributed by atoms with E-state index in [1.165, 1.54) is 16.2 Å². The van der Waals surface area contributed by atoms with Crippen molar-refractivity contribution >= 4 is 44.1 Å². The molecule has 1 amide bonds. The summed E-state index contributed by atoms with van der Waals surface area (Å²) < 4.78 is 12.0. The quantitative estimate of drug-likeness (QED) is 0.273. The molecule has 1 N–H and O–H groups in total. The predicted octanol–water partition coefficient (Wildman–Crippen LogP) is 4.09. The molecule has 0 radical (unpaired) electrons. The number of ketones is 1. The van der Waals surface area contributed by atoms with Crippen molar-refractivity contribution < 1.29 is 24.2 Å². The highest BCUT2D eigenvalue weighted by atomic mass is 32.1. The van der Waals surface area contributed by atoms with Gasteiger partial charge in [-0.1, -0.05) is 29.5 Å². The lowest BCUT2D eigenvalue weighted by molar-refractivity contribution is -0.132. The van der Waals surface area contributed by atoms with Crippen LogP contribution in [0.5, 0.6) is 11.5 Å². The summed E-state index contributed by atoms with van der Waals surface area (Å²) in [7, 11) is 0. The molecule has 0 bridgehead atoms. The molecule has 2 aromatic carbocycles. The van der Waals surface area contributed by atoms with Crippen LogP contribution in [0.25, 0.3) is 16.0 Å². The van der Waals surface area contributed by atoms with Crippen LogP contribution in [0.3, 0.4) is 0 Å². The predicted molar refractivity (Wildman–Crippen MR) is 126 cm³/mol. The number of nitrogens with zero attached hydrogens (tertiary/aromatic N) is 3. The Hall–Kier alpha value is -4.24. The van der Waals surface area contributed by atoms with E-state index in [0.717, 1.165) is 10.2 Å². The van der Waals surface area contributed by atoms with Crippen molar-refractivity contribution in [1.29, 1.82) is 0 Å². The Morgan fingerprint density at radius 3 is 2.59 bits per heavy atom. The van der Waals surface area contributed by atoms with Gasteiger partial charge >= 0.3 is 5.91 Å². The fourth-order valence-electron chi connectivity index (χ4n) is 4.16. The minimum atomic E-state index is -0.935. The maximum Gasteiger partial charge on any atom is 0.301 e. The molecule has 4 heterocycles. The average molecular weight is 471 g/mol. The minimum absolute atomic E-state index is 0.0559. The number of anilines is 1. The van der Waals surface area contributed by atoms with Gasteiger partial charge in [0.15, 0.2) is 16.6 Å². The van der Waals surface area contributed by atoms with E-state index in [1.807, 2.05) is 24.3 Å². The van der Waals surface area contributed by atoms with E-state index in [4.69, 9.17) is 9.47 Å². The summed E-state index contributed by atoms with van der Waals surface area (Å²) >= 11 is 1.30. The van der Waals surface area contributed by atoms with Gasteiger partial charge in [-0.3, -0.25) is 19.5 Å². The van der Waals surface area contributed by atoms with Gasteiger partial charge in [-0.15, -0.1) is 0 Å². The Labute approximate surface area is 197 Å². The number of fused-ring (bicyclic) bond motifs is 2. The van der Waals surface area contributed by atoms with E-state index in [2.05, 4.69) is 9.97 Å². The highest BCUT2D eigenvalue weighted by Gasteiger charge is 2.48. The lowest BCUT2D eigenvalue weighted by atomic mass is 9.98. The third kappa shape index (κ3) is 3.20. The van der Waals surface area contributed by atoms with E-state index in [9.17, 15) is 14.7 Å². The number of carbonyl (C=O) groups excluding carboxylic acids is 2. The fraction of sp³-hybridized carbons (Fsp3) is 0.120. The van der Waals surface area contributed by atoms with Gasteiger partial charge in [-0.25, -0.2) is 4.98 Å². The molecule has 2 aliphatic heterocycles. The molecule has 0 aliphatic carbocycles. The number of rotatable bonds is 3. The first-order valence-electron chi connectivity index (χ1n) is 10.6. The summed E-state index contributed by atoms with van der Waals surface area (Å²) in [5.41, 5.74) is 1.45. The van der Waals surface area contributed by atoms with Crippen LogP contribution in [0.15, 0.2) is 72.4 Å². The molecule has 2 aromatic heterocycles. The number of Topliss-reactive ketones (excluding diaryl/α,β-unsaturated/α-hetero) is 1. The van der Waals surface area contributed by atoms with Crippen LogP contribution in [0, 0.1) is 0 Å². The summed E-state index contributed by atoms with van der Waals surface area (Å²) in [5, 5.41) is 11.6. The number of aliphatic hydroxyl groups is 1. The van der Waals surface area contributed by atoms with Crippen molar-refractivity contribution in [2.75, 3.05) is 18.1 Å². The lowest BCUT2D eigenvalue weighted by Gasteiger charge is -2.22. The van der Waals surface area contributed by atoms with Gasteiger partial charge in [-0.2, -0.15) is 0 Å². The molecule has 34 heavy (non-hydrogen) atoms. The lowest BCUT2D eigenvalue weighted by Crippen LogP contribution is -2.29. The Bertz CT molecular complexity index is 1450. The first kappa shape index (κ1) is 20.4. The van der Waals surface area contributed by atoms with Gasteiger partial charge < -0.3 is 14.6 Å². The summed E-state index contributed by atoms with van der Waals surface area (Å²) in [6.07, 6.45) is 1.58. The van der Waals surface area contributed by atoms with Gasteiger partial charge in [0.25, 0.3) is 5.78 Å². The number of benzene rings is 2. The van der Waals surface area contributed by atoms with Crippen molar-refractivity contribution in [1.82, 2.24) is 9.97 Å². The fourth-order valence-corrected chi connectivity index (χ4v) is 5.15. The molecule has 0 spiro atoms. The molecule has 1 unspecified atom stereocenters. The SMILES string of the molecule is O=C1C(=O)N(c2nc3ccccc3s2)C(c2ccccn2)/C1=C(\O)c1ccc2c(c1)OCCO2. The van der Waals surface area contributed by atoms with Gasteiger partial charge in [0.2, 0.25) is 0 Å². The van der Waals surface area contributed by atoms with E-state index in [0.29, 0.717) is 41.1 Å². The third-order valence-corrected chi connectivity index (χ3v) is 6.75. The van der Waals surface area contributed by atoms with Crippen LogP contribution in [0.4, 0.5) is 5.13 Å². The number of aliphatic hydroxyl groups excluding tert-OH is 1. The summed E-state index contributed by atoms with van der Waals surface area (Å²) in [5.74, 6) is -0.866. The van der Waals surface area contributed by atoms with Crippen LogP contribution >= 0.6 is 11.3 Å². The molecule has 1 atom stereocenters. The van der Waals surface area contributed by atoms with Crippen LogP contribution in [-0.2, 0) is 9.59 Å².